The smallest absolute Gasteiger partial charge is 0.315 e. The quantitative estimate of drug-likeness (QED) is 0.467. The SMILES string of the molecule is CC1C(=O)NCCN1C(N)=O. The first kappa shape index (κ1) is 7.84. The van der Waals surface area contributed by atoms with Gasteiger partial charge in [-0.3, -0.25) is 4.79 Å². The first-order chi connectivity index (χ1) is 5.13. The molecule has 62 valence electrons. The Morgan fingerprint density at radius 1 is 1.82 bits per heavy atom. The van der Waals surface area contributed by atoms with Crippen molar-refractivity contribution in [3.63, 3.8) is 0 Å². The van der Waals surface area contributed by atoms with Crippen LogP contribution in [-0.4, -0.2) is 36.0 Å². The molecule has 1 atom stereocenters. The molecule has 3 amide bonds. The molecule has 0 aromatic rings. The fourth-order valence-electron chi connectivity index (χ4n) is 1.08. The van der Waals surface area contributed by atoms with Gasteiger partial charge in [0.25, 0.3) is 0 Å². The maximum absolute atomic E-state index is 10.9. The molecule has 1 unspecified atom stereocenters. The van der Waals surface area contributed by atoms with Crippen LogP contribution < -0.4 is 11.1 Å². The van der Waals surface area contributed by atoms with Crippen molar-refractivity contribution in [1.29, 1.82) is 0 Å². The largest absolute Gasteiger partial charge is 0.353 e. The van der Waals surface area contributed by atoms with Crippen LogP contribution >= 0.6 is 0 Å². The van der Waals surface area contributed by atoms with E-state index in [-0.39, 0.29) is 5.91 Å². The monoisotopic (exact) mass is 157 g/mol. The van der Waals surface area contributed by atoms with E-state index >= 15 is 0 Å². The van der Waals surface area contributed by atoms with E-state index in [1.807, 2.05) is 0 Å². The van der Waals surface area contributed by atoms with Crippen LogP contribution in [0, 0.1) is 0 Å². The van der Waals surface area contributed by atoms with E-state index in [0.29, 0.717) is 13.1 Å². The van der Waals surface area contributed by atoms with Crippen LogP contribution in [0.4, 0.5) is 4.79 Å². The summed E-state index contributed by atoms with van der Waals surface area (Å²) >= 11 is 0. The molecule has 0 aliphatic carbocycles. The zero-order chi connectivity index (χ0) is 8.43. The summed E-state index contributed by atoms with van der Waals surface area (Å²) in [5, 5.41) is 2.63. The molecule has 1 saturated heterocycles. The molecular weight excluding hydrogens is 146 g/mol. The first-order valence-corrected chi connectivity index (χ1v) is 3.46. The van der Waals surface area contributed by atoms with Gasteiger partial charge in [0.1, 0.15) is 6.04 Å². The molecule has 1 heterocycles. The Morgan fingerprint density at radius 2 is 2.45 bits per heavy atom. The summed E-state index contributed by atoms with van der Waals surface area (Å²) in [4.78, 5) is 23.0. The Labute approximate surface area is 64.5 Å². The van der Waals surface area contributed by atoms with E-state index in [0.717, 1.165) is 0 Å². The number of rotatable bonds is 0. The highest BCUT2D eigenvalue weighted by Crippen LogP contribution is 2.01. The lowest BCUT2D eigenvalue weighted by Gasteiger charge is -2.31. The molecule has 0 bridgehead atoms. The highest BCUT2D eigenvalue weighted by atomic mass is 16.2. The van der Waals surface area contributed by atoms with Gasteiger partial charge in [-0.15, -0.1) is 0 Å². The predicted molar refractivity (Wildman–Crippen MR) is 38.8 cm³/mol. The lowest BCUT2D eigenvalue weighted by Crippen LogP contribution is -2.57. The van der Waals surface area contributed by atoms with Gasteiger partial charge in [-0.25, -0.2) is 4.79 Å². The Morgan fingerprint density at radius 3 is 2.91 bits per heavy atom. The first-order valence-electron chi connectivity index (χ1n) is 3.46. The lowest BCUT2D eigenvalue weighted by molar-refractivity contribution is -0.126. The molecule has 0 radical (unpaired) electrons. The molecule has 5 nitrogen and oxygen atoms in total. The van der Waals surface area contributed by atoms with Crippen LogP contribution in [0.5, 0.6) is 0 Å². The number of amides is 3. The van der Waals surface area contributed by atoms with E-state index in [9.17, 15) is 9.59 Å². The van der Waals surface area contributed by atoms with E-state index in [4.69, 9.17) is 5.73 Å². The number of urea groups is 1. The molecule has 11 heavy (non-hydrogen) atoms. The van der Waals surface area contributed by atoms with Crippen molar-refractivity contribution in [2.24, 2.45) is 5.73 Å². The number of carbonyl (C=O) groups is 2. The van der Waals surface area contributed by atoms with Crippen molar-refractivity contribution in [3.8, 4) is 0 Å². The number of nitrogens with zero attached hydrogens (tertiary/aromatic N) is 1. The van der Waals surface area contributed by atoms with Gasteiger partial charge in [0.15, 0.2) is 0 Å². The Hall–Kier alpha value is -1.26. The number of hydrogen-bond acceptors (Lipinski definition) is 2. The molecule has 1 fully saturated rings. The highest BCUT2D eigenvalue weighted by molar-refractivity contribution is 5.87. The second kappa shape index (κ2) is 2.77. The summed E-state index contributed by atoms with van der Waals surface area (Å²) in [5.41, 5.74) is 5.03. The standard InChI is InChI=1S/C6H11N3O2/c1-4-5(10)8-2-3-9(4)6(7)11/h4H,2-3H2,1H3,(H2,7,11)(H,8,10). The zero-order valence-electron chi connectivity index (χ0n) is 6.33. The van der Waals surface area contributed by atoms with Crippen LogP contribution in [0.2, 0.25) is 0 Å². The molecule has 0 saturated carbocycles. The summed E-state index contributed by atoms with van der Waals surface area (Å²) in [5.74, 6) is -0.143. The summed E-state index contributed by atoms with van der Waals surface area (Å²) in [6.07, 6.45) is 0. The number of primary amides is 1. The lowest BCUT2D eigenvalue weighted by atomic mass is 10.2. The van der Waals surface area contributed by atoms with Gasteiger partial charge in [-0.1, -0.05) is 0 Å². The molecule has 1 aliphatic heterocycles. The van der Waals surface area contributed by atoms with Gasteiger partial charge in [-0.05, 0) is 6.92 Å². The minimum Gasteiger partial charge on any atom is -0.353 e. The third kappa shape index (κ3) is 1.42. The van der Waals surface area contributed by atoms with Gasteiger partial charge in [0.05, 0.1) is 0 Å². The second-order valence-electron chi connectivity index (χ2n) is 2.50. The third-order valence-corrected chi connectivity index (χ3v) is 1.78. The van der Waals surface area contributed by atoms with Crippen molar-refractivity contribution in [2.45, 2.75) is 13.0 Å². The number of carbonyl (C=O) groups excluding carboxylic acids is 2. The highest BCUT2D eigenvalue weighted by Gasteiger charge is 2.27. The summed E-state index contributed by atoms with van der Waals surface area (Å²) in [6.45, 7) is 2.65. The average molecular weight is 157 g/mol. The molecule has 0 aromatic heterocycles. The van der Waals surface area contributed by atoms with Crippen LogP contribution in [-0.2, 0) is 4.79 Å². The van der Waals surface area contributed by atoms with E-state index in [2.05, 4.69) is 5.32 Å². The molecule has 5 heteroatoms. The fourth-order valence-corrected chi connectivity index (χ4v) is 1.08. The molecule has 0 spiro atoms. The van der Waals surface area contributed by atoms with Crippen molar-refractivity contribution in [2.75, 3.05) is 13.1 Å². The average Bonchev–Trinajstić information content (AvgIpc) is 1.94. The maximum atomic E-state index is 10.9. The Balaban J connectivity index is 2.65. The Bertz CT molecular complexity index is 192. The normalized spacial score (nSPS) is 24.6. The summed E-state index contributed by atoms with van der Waals surface area (Å²) < 4.78 is 0. The van der Waals surface area contributed by atoms with Crippen LogP contribution in [0.15, 0.2) is 0 Å². The van der Waals surface area contributed by atoms with Crippen LogP contribution in [0.25, 0.3) is 0 Å². The van der Waals surface area contributed by atoms with Crippen molar-refractivity contribution < 1.29 is 9.59 Å². The number of piperazine rings is 1. The van der Waals surface area contributed by atoms with Crippen molar-refractivity contribution in [3.05, 3.63) is 0 Å². The van der Waals surface area contributed by atoms with E-state index < -0.39 is 12.1 Å². The van der Waals surface area contributed by atoms with Gasteiger partial charge < -0.3 is 16.0 Å². The minimum absolute atomic E-state index is 0.143. The maximum Gasteiger partial charge on any atom is 0.315 e. The number of hydrogen-bond donors (Lipinski definition) is 2. The van der Waals surface area contributed by atoms with Gasteiger partial charge >= 0.3 is 6.03 Å². The van der Waals surface area contributed by atoms with Gasteiger partial charge in [0.2, 0.25) is 5.91 Å². The second-order valence-corrected chi connectivity index (χ2v) is 2.50. The van der Waals surface area contributed by atoms with Crippen molar-refractivity contribution in [1.82, 2.24) is 10.2 Å². The number of nitrogens with two attached hydrogens (primary N) is 1. The number of nitrogens with one attached hydrogen (secondary N) is 1. The van der Waals surface area contributed by atoms with Gasteiger partial charge in [0, 0.05) is 13.1 Å². The minimum atomic E-state index is -0.535. The molecule has 1 rings (SSSR count). The van der Waals surface area contributed by atoms with E-state index in [1.54, 1.807) is 6.92 Å². The summed E-state index contributed by atoms with van der Waals surface area (Å²) in [6, 6.07) is -0.964. The summed E-state index contributed by atoms with van der Waals surface area (Å²) in [7, 11) is 0. The Kier molecular flexibility index (Phi) is 1.98. The topological polar surface area (TPSA) is 75.4 Å². The molecule has 3 N–H and O–H groups in total. The molecular formula is C6H11N3O2. The fraction of sp³-hybridized carbons (Fsp3) is 0.667. The van der Waals surface area contributed by atoms with Crippen LogP contribution in [0.3, 0.4) is 0 Å². The molecule has 1 aliphatic rings. The van der Waals surface area contributed by atoms with Gasteiger partial charge in [-0.2, -0.15) is 0 Å². The zero-order valence-corrected chi connectivity index (χ0v) is 6.33. The van der Waals surface area contributed by atoms with Crippen molar-refractivity contribution >= 4 is 11.9 Å². The predicted octanol–water partition coefficient (Wildman–Crippen LogP) is -1.11. The third-order valence-electron chi connectivity index (χ3n) is 1.78. The van der Waals surface area contributed by atoms with Crippen LogP contribution in [0.1, 0.15) is 6.92 Å². The molecule has 0 aromatic carbocycles. The van der Waals surface area contributed by atoms with E-state index in [1.165, 1.54) is 4.90 Å².